The lowest BCUT2D eigenvalue weighted by atomic mass is 9.77. The standard InChI is InChI=1S/C40H73N3O15/c1-16-29-40(11,48)33(45)25(6)42(14)20-21(2)18-38(9,47)34(57-37-32(54-27(8)44)28(41(12)13)17-22(3)52-37)23(4)31(24(5)36(46)55-29)56-30-19-39(10,51-15)35(26(7)53-30)58-43(49)50/h21-26,28-35,37,45,47-48H,16-20H2,1-15H3/t21-,22-,23+,24-,25-,26+,28?,29-,30+,31+,32-,33-,34-,35+,37+,38-,39-,40-/m1/s1. The van der Waals surface area contributed by atoms with E-state index < -0.39 is 107 Å². The molecule has 0 aromatic carbocycles. The van der Waals surface area contributed by atoms with Gasteiger partial charge in [-0.1, -0.05) is 20.8 Å². The lowest BCUT2D eigenvalue weighted by Gasteiger charge is -2.49. The third kappa shape index (κ3) is 11.8. The van der Waals surface area contributed by atoms with Crippen LogP contribution >= 0.6 is 0 Å². The molecule has 3 rings (SSSR count). The first-order valence-electron chi connectivity index (χ1n) is 20.6. The Morgan fingerprint density at radius 2 is 1.64 bits per heavy atom. The summed E-state index contributed by atoms with van der Waals surface area (Å²) in [6.07, 6.45) is -9.48. The predicted molar refractivity (Wildman–Crippen MR) is 210 cm³/mol. The monoisotopic (exact) mass is 836 g/mol. The van der Waals surface area contributed by atoms with Gasteiger partial charge in [0.15, 0.2) is 24.8 Å². The second-order valence-electron chi connectivity index (χ2n) is 18.1. The van der Waals surface area contributed by atoms with Crippen LogP contribution in [0.15, 0.2) is 0 Å². The fourth-order valence-corrected chi connectivity index (χ4v) is 9.32. The van der Waals surface area contributed by atoms with Gasteiger partial charge in [-0.3, -0.25) is 9.59 Å². The summed E-state index contributed by atoms with van der Waals surface area (Å²) in [5, 5.41) is 46.6. The highest BCUT2D eigenvalue weighted by Gasteiger charge is 2.54. The molecule has 0 bridgehead atoms. The molecular formula is C40H73N3O15. The van der Waals surface area contributed by atoms with Crippen LogP contribution in [0.3, 0.4) is 0 Å². The molecule has 18 nitrogen and oxygen atoms in total. The van der Waals surface area contributed by atoms with E-state index >= 15 is 0 Å². The molecule has 0 radical (unpaired) electrons. The number of likely N-dealkylation sites (N-methyl/N-ethyl adjacent to an activating group) is 2. The Hall–Kier alpha value is -2.26. The molecule has 0 amide bonds. The van der Waals surface area contributed by atoms with E-state index in [1.165, 1.54) is 21.0 Å². The van der Waals surface area contributed by atoms with Crippen molar-refractivity contribution in [1.29, 1.82) is 0 Å². The van der Waals surface area contributed by atoms with Gasteiger partial charge in [-0.2, -0.15) is 0 Å². The normalized spacial score (nSPS) is 45.4. The third-order valence-electron chi connectivity index (χ3n) is 12.6. The summed E-state index contributed by atoms with van der Waals surface area (Å²) >= 11 is 0. The lowest BCUT2D eigenvalue weighted by molar-refractivity contribution is -0.776. The largest absolute Gasteiger partial charge is 0.459 e. The molecule has 3 aliphatic rings. The minimum absolute atomic E-state index is 0.0543. The minimum atomic E-state index is -1.86. The molecule has 0 aromatic heterocycles. The van der Waals surface area contributed by atoms with E-state index in [-0.39, 0.29) is 37.3 Å². The van der Waals surface area contributed by atoms with Gasteiger partial charge in [0.2, 0.25) is 0 Å². The Bertz CT molecular complexity index is 1370. The van der Waals surface area contributed by atoms with Crippen LogP contribution in [0.4, 0.5) is 0 Å². The maximum absolute atomic E-state index is 14.4. The molecule has 1 unspecified atom stereocenters. The first kappa shape index (κ1) is 50.1. The van der Waals surface area contributed by atoms with E-state index in [1.54, 1.807) is 48.5 Å². The highest BCUT2D eigenvalue weighted by Crippen LogP contribution is 2.41. The Morgan fingerprint density at radius 3 is 2.17 bits per heavy atom. The van der Waals surface area contributed by atoms with Crippen molar-refractivity contribution in [2.24, 2.45) is 17.8 Å². The van der Waals surface area contributed by atoms with Crippen molar-refractivity contribution in [3.05, 3.63) is 10.1 Å². The number of hydrogen-bond acceptors (Lipinski definition) is 17. The molecule has 18 heteroatoms. The number of ether oxygens (including phenoxy) is 7. The Balaban J connectivity index is 2.24. The molecule has 3 saturated heterocycles. The van der Waals surface area contributed by atoms with Crippen LogP contribution in [0, 0.1) is 27.9 Å². The molecular weight excluding hydrogens is 762 g/mol. The molecule has 3 fully saturated rings. The summed E-state index contributed by atoms with van der Waals surface area (Å²) in [7, 11) is 6.95. The average molecular weight is 836 g/mol. The Kier molecular flexibility index (Phi) is 17.3. The van der Waals surface area contributed by atoms with Crippen LogP contribution in [-0.2, 0) is 47.6 Å². The van der Waals surface area contributed by atoms with Crippen molar-refractivity contribution < 1.29 is 68.0 Å². The van der Waals surface area contributed by atoms with Crippen molar-refractivity contribution in [1.82, 2.24) is 9.80 Å². The molecule has 3 N–H and O–H groups in total. The summed E-state index contributed by atoms with van der Waals surface area (Å²) < 4.78 is 43.8. The van der Waals surface area contributed by atoms with Crippen LogP contribution in [0.1, 0.15) is 102 Å². The highest BCUT2D eigenvalue weighted by molar-refractivity contribution is 5.73. The number of methoxy groups -OCH3 is 1. The van der Waals surface area contributed by atoms with Gasteiger partial charge in [0.25, 0.3) is 5.09 Å². The summed E-state index contributed by atoms with van der Waals surface area (Å²) in [5.41, 5.74) is -4.79. The van der Waals surface area contributed by atoms with Crippen molar-refractivity contribution in [2.45, 2.75) is 192 Å². The number of carbonyl (C=O) groups excluding carboxylic acids is 2. The van der Waals surface area contributed by atoms with Gasteiger partial charge < -0.3 is 63.1 Å². The third-order valence-corrected chi connectivity index (χ3v) is 12.6. The van der Waals surface area contributed by atoms with Crippen molar-refractivity contribution in [3.63, 3.8) is 0 Å². The van der Waals surface area contributed by atoms with Gasteiger partial charge in [-0.15, -0.1) is 10.1 Å². The van der Waals surface area contributed by atoms with E-state index in [0.717, 1.165) is 0 Å². The predicted octanol–water partition coefficient (Wildman–Crippen LogP) is 2.69. The zero-order valence-electron chi connectivity index (χ0n) is 37.3. The summed E-state index contributed by atoms with van der Waals surface area (Å²) in [6, 6.07) is -0.897. The Morgan fingerprint density at radius 1 is 1.02 bits per heavy atom. The zero-order chi connectivity index (χ0) is 44.2. The van der Waals surface area contributed by atoms with Crippen LogP contribution in [0.2, 0.25) is 0 Å². The van der Waals surface area contributed by atoms with Gasteiger partial charge >= 0.3 is 11.9 Å². The second-order valence-corrected chi connectivity index (χ2v) is 18.1. The molecule has 0 aromatic rings. The highest BCUT2D eigenvalue weighted by atomic mass is 17.0. The number of cyclic esters (lactones) is 1. The van der Waals surface area contributed by atoms with E-state index in [1.807, 2.05) is 44.8 Å². The molecule has 58 heavy (non-hydrogen) atoms. The molecule has 3 aliphatic heterocycles. The van der Waals surface area contributed by atoms with Crippen LogP contribution in [0.25, 0.3) is 0 Å². The SMILES string of the molecule is CC[C@H]1OC(=O)[C@H](C)[C@@H](O[C@H]2C[C@@](C)(OC)[C@@H](O[N+](=O)[O-])[C@H](C)O2)[C@H](C)[C@@H](O[C@@H]2O[C@H](C)CC(N(C)C)[C@H]2OC(C)=O)[C@](C)(O)C[C@@H](C)CN(C)[C@H](C)[C@@H](O)[C@]1(C)O. The molecule has 0 spiro atoms. The number of nitrogens with zero attached hydrogens (tertiary/aromatic N) is 3. The molecule has 18 atom stereocenters. The minimum Gasteiger partial charge on any atom is -0.459 e. The van der Waals surface area contributed by atoms with E-state index in [9.17, 15) is 35.0 Å². The van der Waals surface area contributed by atoms with Crippen LogP contribution in [0.5, 0.6) is 0 Å². The lowest BCUT2D eigenvalue weighted by Crippen LogP contribution is -2.61. The van der Waals surface area contributed by atoms with E-state index in [2.05, 4.69) is 0 Å². The first-order valence-corrected chi connectivity index (χ1v) is 20.6. The topological polar surface area (TPSA) is 218 Å². The fraction of sp³-hybridized carbons (Fsp3) is 0.950. The number of esters is 2. The van der Waals surface area contributed by atoms with Crippen molar-refractivity contribution >= 4 is 11.9 Å². The van der Waals surface area contributed by atoms with Gasteiger partial charge in [0.05, 0.1) is 47.6 Å². The van der Waals surface area contributed by atoms with Gasteiger partial charge in [0, 0.05) is 39.0 Å². The van der Waals surface area contributed by atoms with Gasteiger partial charge in [0.1, 0.15) is 17.8 Å². The van der Waals surface area contributed by atoms with E-state index in [4.69, 9.17) is 38.0 Å². The number of hydrogen-bond donors (Lipinski definition) is 3. The summed E-state index contributed by atoms with van der Waals surface area (Å²) in [5.74, 6) is -3.50. The molecule has 0 aliphatic carbocycles. The van der Waals surface area contributed by atoms with Gasteiger partial charge in [-0.25, -0.2) is 0 Å². The smallest absolute Gasteiger partial charge is 0.311 e. The molecule has 338 valence electrons. The molecule has 3 heterocycles. The zero-order valence-corrected chi connectivity index (χ0v) is 37.3. The summed E-state index contributed by atoms with van der Waals surface area (Å²) in [4.78, 5) is 47.2. The quantitative estimate of drug-likeness (QED) is 0.164. The number of carbonyl (C=O) groups is 2. The molecule has 0 saturated carbocycles. The average Bonchev–Trinajstić information content (AvgIpc) is 3.11. The van der Waals surface area contributed by atoms with Crippen LogP contribution < -0.4 is 0 Å². The summed E-state index contributed by atoms with van der Waals surface area (Å²) in [6.45, 7) is 18.7. The maximum Gasteiger partial charge on any atom is 0.311 e. The fourth-order valence-electron chi connectivity index (χ4n) is 9.32. The Labute approximate surface area is 344 Å². The first-order chi connectivity index (χ1) is 26.7. The number of aliphatic hydroxyl groups excluding tert-OH is 1. The van der Waals surface area contributed by atoms with Crippen molar-refractivity contribution in [2.75, 3.05) is 34.8 Å². The van der Waals surface area contributed by atoms with Crippen molar-refractivity contribution in [3.8, 4) is 0 Å². The van der Waals surface area contributed by atoms with Crippen LogP contribution in [-0.4, -0.2) is 167 Å². The number of aliphatic hydroxyl groups is 3. The van der Waals surface area contributed by atoms with Gasteiger partial charge in [-0.05, 0) is 94.8 Å². The number of rotatable bonds is 10. The second kappa shape index (κ2) is 20.1. The maximum atomic E-state index is 14.4. The van der Waals surface area contributed by atoms with E-state index in [0.29, 0.717) is 13.0 Å².